The molecule has 0 aliphatic carbocycles. The van der Waals surface area contributed by atoms with Crippen LogP contribution in [0.5, 0.6) is 0 Å². The monoisotopic (exact) mass is 254 g/mol. The van der Waals surface area contributed by atoms with Gasteiger partial charge in [-0.2, -0.15) is 0 Å². The van der Waals surface area contributed by atoms with Gasteiger partial charge in [0.15, 0.2) is 0 Å². The lowest BCUT2D eigenvalue weighted by atomic mass is 10.2. The molecule has 1 aliphatic heterocycles. The molecule has 0 atom stereocenters. The van der Waals surface area contributed by atoms with E-state index in [1.54, 1.807) is 6.07 Å². The van der Waals surface area contributed by atoms with Crippen molar-refractivity contribution in [2.75, 3.05) is 18.0 Å². The Bertz CT molecular complexity index is 476. The molecule has 2 rings (SSSR count). The van der Waals surface area contributed by atoms with Crippen molar-refractivity contribution in [1.29, 1.82) is 0 Å². The number of carboxylic acids is 1. The van der Waals surface area contributed by atoms with Crippen LogP contribution in [0.2, 0.25) is 5.02 Å². The molecule has 90 valence electrons. The van der Waals surface area contributed by atoms with Crippen LogP contribution in [0, 0.1) is 0 Å². The van der Waals surface area contributed by atoms with E-state index in [-0.39, 0.29) is 16.6 Å². The predicted octanol–water partition coefficient (Wildman–Crippen LogP) is 1.96. The molecule has 0 spiro atoms. The second-order valence-electron chi connectivity index (χ2n) is 3.71. The number of nitrogens with one attached hydrogen (secondary N) is 1. The summed E-state index contributed by atoms with van der Waals surface area (Å²) in [7, 11) is 0. The third-order valence-electron chi connectivity index (χ3n) is 2.57. The van der Waals surface area contributed by atoms with Gasteiger partial charge in [-0.15, -0.1) is 0 Å². The van der Waals surface area contributed by atoms with Crippen molar-refractivity contribution in [2.45, 2.75) is 6.42 Å². The van der Waals surface area contributed by atoms with Crippen LogP contribution in [-0.2, 0) is 0 Å². The number of aromatic carboxylic acids is 1. The number of rotatable bonds is 2. The van der Waals surface area contributed by atoms with E-state index < -0.39 is 5.97 Å². The van der Waals surface area contributed by atoms with E-state index in [0.29, 0.717) is 18.8 Å². The topological polar surface area (TPSA) is 69.6 Å². The molecule has 17 heavy (non-hydrogen) atoms. The van der Waals surface area contributed by atoms with Crippen LogP contribution >= 0.6 is 11.6 Å². The predicted molar refractivity (Wildman–Crippen MR) is 63.8 cm³/mol. The molecule has 0 bridgehead atoms. The second-order valence-corrected chi connectivity index (χ2v) is 4.12. The van der Waals surface area contributed by atoms with E-state index in [1.807, 2.05) is 0 Å². The zero-order valence-corrected chi connectivity index (χ0v) is 9.70. The first kappa shape index (κ1) is 11.7. The van der Waals surface area contributed by atoms with Crippen molar-refractivity contribution in [3.63, 3.8) is 0 Å². The molecule has 0 aromatic heterocycles. The maximum absolute atomic E-state index is 11.6. The Hall–Kier alpha value is -1.75. The van der Waals surface area contributed by atoms with Crippen molar-refractivity contribution in [1.82, 2.24) is 5.32 Å². The molecule has 1 aliphatic rings. The molecular formula is C11H11ClN2O3. The fourth-order valence-corrected chi connectivity index (χ4v) is 2.00. The minimum atomic E-state index is -1.04. The van der Waals surface area contributed by atoms with Crippen molar-refractivity contribution in [3.05, 3.63) is 28.8 Å². The molecule has 1 heterocycles. The van der Waals surface area contributed by atoms with Gasteiger partial charge < -0.3 is 10.4 Å². The summed E-state index contributed by atoms with van der Waals surface area (Å²) >= 11 is 5.99. The van der Waals surface area contributed by atoms with Gasteiger partial charge in [-0.1, -0.05) is 11.6 Å². The minimum Gasteiger partial charge on any atom is -0.478 e. The zero-order valence-electron chi connectivity index (χ0n) is 8.94. The second kappa shape index (κ2) is 4.63. The van der Waals surface area contributed by atoms with Crippen molar-refractivity contribution in [2.24, 2.45) is 0 Å². The lowest BCUT2D eigenvalue weighted by molar-refractivity contribution is 0.0697. The summed E-state index contributed by atoms with van der Waals surface area (Å²) in [4.78, 5) is 23.9. The zero-order chi connectivity index (χ0) is 12.4. The summed E-state index contributed by atoms with van der Waals surface area (Å²) in [5, 5.41) is 11.8. The lowest BCUT2D eigenvalue weighted by Gasteiger charge is -2.28. The van der Waals surface area contributed by atoms with Crippen molar-refractivity contribution in [3.8, 4) is 0 Å². The van der Waals surface area contributed by atoms with Crippen molar-refractivity contribution < 1.29 is 14.7 Å². The quantitative estimate of drug-likeness (QED) is 0.848. The summed E-state index contributed by atoms with van der Waals surface area (Å²) < 4.78 is 0. The first-order valence-corrected chi connectivity index (χ1v) is 5.55. The van der Waals surface area contributed by atoms with E-state index in [4.69, 9.17) is 16.7 Å². The number of carbonyl (C=O) groups is 2. The molecule has 5 nitrogen and oxygen atoms in total. The van der Waals surface area contributed by atoms with Gasteiger partial charge in [-0.25, -0.2) is 9.59 Å². The molecule has 1 saturated heterocycles. The summed E-state index contributed by atoms with van der Waals surface area (Å²) in [6, 6.07) is 4.13. The van der Waals surface area contributed by atoms with Crippen LogP contribution in [0.25, 0.3) is 0 Å². The molecular weight excluding hydrogens is 244 g/mol. The number of amides is 2. The number of nitrogens with zero attached hydrogens (tertiary/aromatic N) is 1. The molecule has 0 radical (unpaired) electrons. The molecule has 1 aromatic carbocycles. The van der Waals surface area contributed by atoms with Crippen molar-refractivity contribution >= 4 is 29.3 Å². The van der Waals surface area contributed by atoms with Gasteiger partial charge in [0.2, 0.25) is 0 Å². The Kier molecular flexibility index (Phi) is 3.19. The van der Waals surface area contributed by atoms with Crippen LogP contribution < -0.4 is 10.2 Å². The number of hydrogen-bond acceptors (Lipinski definition) is 2. The van der Waals surface area contributed by atoms with E-state index >= 15 is 0 Å². The van der Waals surface area contributed by atoms with Crippen LogP contribution in [0.3, 0.4) is 0 Å². The van der Waals surface area contributed by atoms with E-state index in [9.17, 15) is 9.59 Å². The van der Waals surface area contributed by atoms with Gasteiger partial charge in [0.25, 0.3) is 0 Å². The molecule has 2 amide bonds. The Morgan fingerprint density at radius 1 is 1.47 bits per heavy atom. The summed E-state index contributed by atoms with van der Waals surface area (Å²) in [5.41, 5.74) is 0.644. The molecule has 2 N–H and O–H groups in total. The molecule has 0 saturated carbocycles. The van der Waals surface area contributed by atoms with Crippen LogP contribution in [0.1, 0.15) is 16.8 Å². The highest BCUT2D eigenvalue weighted by Gasteiger charge is 2.21. The Morgan fingerprint density at radius 2 is 2.24 bits per heavy atom. The number of halogens is 1. The first-order chi connectivity index (χ1) is 8.09. The summed E-state index contributed by atoms with van der Waals surface area (Å²) in [6.45, 7) is 1.23. The average Bonchev–Trinajstić information content (AvgIpc) is 2.30. The number of benzene rings is 1. The maximum Gasteiger partial charge on any atom is 0.335 e. The Labute approximate surface area is 103 Å². The molecule has 1 fully saturated rings. The number of carboxylic acid groups (broad SMARTS) is 1. The molecule has 6 heteroatoms. The van der Waals surface area contributed by atoms with Gasteiger partial charge in [-0.05, 0) is 24.6 Å². The van der Waals surface area contributed by atoms with Gasteiger partial charge >= 0.3 is 12.0 Å². The van der Waals surface area contributed by atoms with Gasteiger partial charge in [0, 0.05) is 13.1 Å². The number of urea groups is 1. The largest absolute Gasteiger partial charge is 0.478 e. The van der Waals surface area contributed by atoms with Gasteiger partial charge in [0.05, 0.1) is 16.3 Å². The fourth-order valence-electron chi connectivity index (χ4n) is 1.72. The smallest absolute Gasteiger partial charge is 0.335 e. The third kappa shape index (κ3) is 2.34. The Morgan fingerprint density at radius 3 is 2.82 bits per heavy atom. The first-order valence-electron chi connectivity index (χ1n) is 5.18. The SMILES string of the molecule is O=C(O)c1ccc(N2CCCNC2=O)c(Cl)c1. The standard InChI is InChI=1S/C11H11ClN2O3/c12-8-6-7(10(15)16)2-3-9(8)14-5-1-4-13-11(14)17/h2-3,6H,1,4-5H2,(H,13,17)(H,15,16). The van der Waals surface area contributed by atoms with Crippen LogP contribution in [0.15, 0.2) is 18.2 Å². The number of hydrogen-bond donors (Lipinski definition) is 2. The summed E-state index contributed by atoms with van der Waals surface area (Å²) in [5.74, 6) is -1.04. The van der Waals surface area contributed by atoms with E-state index in [2.05, 4.69) is 5.32 Å². The fraction of sp³-hybridized carbons (Fsp3) is 0.273. The summed E-state index contributed by atoms with van der Waals surface area (Å²) in [6.07, 6.45) is 0.836. The van der Waals surface area contributed by atoms with Gasteiger partial charge in [0.1, 0.15) is 0 Å². The number of anilines is 1. The third-order valence-corrected chi connectivity index (χ3v) is 2.87. The highest BCUT2D eigenvalue weighted by molar-refractivity contribution is 6.34. The Balaban J connectivity index is 2.32. The maximum atomic E-state index is 11.6. The highest BCUT2D eigenvalue weighted by Crippen LogP contribution is 2.28. The highest BCUT2D eigenvalue weighted by atomic mass is 35.5. The molecule has 0 unspecified atom stereocenters. The lowest BCUT2D eigenvalue weighted by Crippen LogP contribution is -2.46. The minimum absolute atomic E-state index is 0.108. The normalized spacial score (nSPS) is 15.6. The van der Waals surface area contributed by atoms with Crippen LogP contribution in [0.4, 0.5) is 10.5 Å². The van der Waals surface area contributed by atoms with Crippen LogP contribution in [-0.4, -0.2) is 30.2 Å². The van der Waals surface area contributed by atoms with E-state index in [0.717, 1.165) is 6.42 Å². The van der Waals surface area contributed by atoms with Gasteiger partial charge in [-0.3, -0.25) is 4.90 Å². The number of carbonyl (C=O) groups excluding carboxylic acids is 1. The van der Waals surface area contributed by atoms with E-state index in [1.165, 1.54) is 17.0 Å². The average molecular weight is 255 g/mol. The molecule has 1 aromatic rings.